The summed E-state index contributed by atoms with van der Waals surface area (Å²) in [4.78, 5) is 4.47. The monoisotopic (exact) mass is 324 g/mol. The summed E-state index contributed by atoms with van der Waals surface area (Å²) < 4.78 is 28.5. The molecule has 0 saturated carbocycles. The Hall–Kier alpha value is -3.02. The van der Waals surface area contributed by atoms with Crippen molar-refractivity contribution in [2.75, 3.05) is 5.32 Å². The van der Waals surface area contributed by atoms with Crippen LogP contribution in [0.1, 0.15) is 16.8 Å². The molecule has 0 spiro atoms. The summed E-state index contributed by atoms with van der Waals surface area (Å²) in [6.07, 6.45) is 0. The van der Waals surface area contributed by atoms with Gasteiger partial charge in [-0.1, -0.05) is 17.7 Å². The molecule has 2 N–H and O–H groups in total. The van der Waals surface area contributed by atoms with Crippen LogP contribution in [0, 0.1) is 25.5 Å². The van der Waals surface area contributed by atoms with E-state index in [0.29, 0.717) is 17.1 Å². The van der Waals surface area contributed by atoms with E-state index in [1.807, 2.05) is 32.0 Å². The lowest BCUT2D eigenvalue weighted by atomic mass is 10.1. The molecule has 1 aliphatic rings. The van der Waals surface area contributed by atoms with Gasteiger partial charge >= 0.3 is 0 Å². The van der Waals surface area contributed by atoms with Crippen LogP contribution < -0.4 is 5.32 Å². The summed E-state index contributed by atoms with van der Waals surface area (Å²) in [6, 6.07) is 9.51. The first-order valence-electron chi connectivity index (χ1n) is 7.50. The van der Waals surface area contributed by atoms with Crippen LogP contribution in [-0.2, 0) is 0 Å². The van der Waals surface area contributed by atoms with E-state index >= 15 is 0 Å². The van der Waals surface area contributed by atoms with E-state index in [4.69, 9.17) is 0 Å². The molecule has 2 aromatic carbocycles. The lowest BCUT2D eigenvalue weighted by Gasteiger charge is -2.12. The highest BCUT2D eigenvalue weighted by Crippen LogP contribution is 2.39. The summed E-state index contributed by atoms with van der Waals surface area (Å²) in [5, 5.41) is 10.3. The number of rotatable bonds is 1. The van der Waals surface area contributed by atoms with E-state index in [1.54, 1.807) is 0 Å². The first-order valence-corrected chi connectivity index (χ1v) is 7.50. The summed E-state index contributed by atoms with van der Waals surface area (Å²) >= 11 is 0. The maximum Gasteiger partial charge on any atom is 0.144 e. The number of H-pyrrole nitrogens is 1. The molecule has 6 heteroatoms. The second-order valence-electron chi connectivity index (χ2n) is 5.78. The summed E-state index contributed by atoms with van der Waals surface area (Å²) in [5.41, 5.74) is 4.38. The van der Waals surface area contributed by atoms with E-state index in [9.17, 15) is 8.78 Å². The van der Waals surface area contributed by atoms with Crippen LogP contribution in [0.15, 0.2) is 41.4 Å². The number of anilines is 1. The standard InChI is InChI=1S/C18H14F2N4/c1-9-6-7-14-11(8-9)17-16(10(2)23-24-17)22-18(21-14)15-12(19)4-3-5-13(15)20/h3-8H,1-2H3,(H,21,22)(H,23,24). The van der Waals surface area contributed by atoms with Crippen molar-refractivity contribution in [3.05, 3.63) is 64.9 Å². The SMILES string of the molecule is Cc1ccc2c(c1)-c1n[nH]c(C)c1N=C(c1c(F)cccc1F)N2. The number of aromatic amines is 1. The molecule has 0 amide bonds. The van der Waals surface area contributed by atoms with Gasteiger partial charge in [0.15, 0.2) is 0 Å². The van der Waals surface area contributed by atoms with Gasteiger partial charge in [-0.15, -0.1) is 0 Å². The third kappa shape index (κ3) is 2.19. The molecule has 0 unspecified atom stereocenters. The molecule has 1 aliphatic heterocycles. The molecule has 1 aromatic heterocycles. The van der Waals surface area contributed by atoms with E-state index in [-0.39, 0.29) is 11.4 Å². The van der Waals surface area contributed by atoms with Gasteiger partial charge in [-0.05, 0) is 38.1 Å². The Morgan fingerprint density at radius 2 is 1.75 bits per heavy atom. The zero-order chi connectivity index (χ0) is 16.8. The molecule has 120 valence electrons. The van der Waals surface area contributed by atoms with Gasteiger partial charge < -0.3 is 5.32 Å². The predicted molar refractivity (Wildman–Crippen MR) is 89.7 cm³/mol. The van der Waals surface area contributed by atoms with E-state index < -0.39 is 11.6 Å². The van der Waals surface area contributed by atoms with E-state index in [1.165, 1.54) is 18.2 Å². The molecule has 0 atom stereocenters. The first-order chi connectivity index (χ1) is 11.5. The number of hydrogen-bond donors (Lipinski definition) is 2. The Bertz CT molecular complexity index is 968. The molecular formula is C18H14F2N4. The van der Waals surface area contributed by atoms with Gasteiger partial charge in [-0.3, -0.25) is 5.10 Å². The molecular weight excluding hydrogens is 310 g/mol. The van der Waals surface area contributed by atoms with Crippen LogP contribution in [0.3, 0.4) is 0 Å². The fourth-order valence-corrected chi connectivity index (χ4v) is 2.82. The Labute approximate surface area is 137 Å². The molecule has 0 bridgehead atoms. The number of halogens is 2. The van der Waals surface area contributed by atoms with Gasteiger partial charge in [0, 0.05) is 11.3 Å². The third-order valence-electron chi connectivity index (χ3n) is 4.02. The van der Waals surface area contributed by atoms with Crippen LogP contribution in [0.4, 0.5) is 20.2 Å². The quantitative estimate of drug-likeness (QED) is 0.693. The molecule has 0 saturated heterocycles. The van der Waals surface area contributed by atoms with Crippen molar-refractivity contribution in [1.82, 2.24) is 10.2 Å². The van der Waals surface area contributed by atoms with Crippen LogP contribution >= 0.6 is 0 Å². The average molecular weight is 324 g/mol. The van der Waals surface area contributed by atoms with Crippen molar-refractivity contribution in [2.24, 2.45) is 4.99 Å². The van der Waals surface area contributed by atoms with Crippen LogP contribution in [0.2, 0.25) is 0 Å². The summed E-state index contributed by atoms with van der Waals surface area (Å²) in [7, 11) is 0. The Balaban J connectivity index is 2.01. The summed E-state index contributed by atoms with van der Waals surface area (Å²) in [6.45, 7) is 3.80. The number of amidine groups is 1. The van der Waals surface area contributed by atoms with Gasteiger partial charge in [0.2, 0.25) is 0 Å². The molecule has 2 heterocycles. The maximum atomic E-state index is 14.2. The molecule has 0 fully saturated rings. The van der Waals surface area contributed by atoms with Crippen molar-refractivity contribution in [1.29, 1.82) is 0 Å². The average Bonchev–Trinajstić information content (AvgIpc) is 2.81. The van der Waals surface area contributed by atoms with Crippen LogP contribution in [0.5, 0.6) is 0 Å². The van der Waals surface area contributed by atoms with E-state index in [0.717, 1.165) is 16.8 Å². The highest BCUT2D eigenvalue weighted by Gasteiger charge is 2.24. The number of aryl methyl sites for hydroxylation is 2. The molecule has 0 aliphatic carbocycles. The molecule has 3 aromatic rings. The lowest BCUT2D eigenvalue weighted by Crippen LogP contribution is -2.17. The maximum absolute atomic E-state index is 14.2. The van der Waals surface area contributed by atoms with Gasteiger partial charge in [0.25, 0.3) is 0 Å². The minimum Gasteiger partial charge on any atom is -0.339 e. The number of fused-ring (bicyclic) bond motifs is 3. The number of aliphatic imine (C=N–C) groups is 1. The van der Waals surface area contributed by atoms with Gasteiger partial charge in [0.05, 0.1) is 11.3 Å². The molecule has 4 nitrogen and oxygen atoms in total. The molecule has 4 rings (SSSR count). The third-order valence-corrected chi connectivity index (χ3v) is 4.02. The zero-order valence-electron chi connectivity index (χ0n) is 13.1. The van der Waals surface area contributed by atoms with Crippen LogP contribution in [0.25, 0.3) is 11.3 Å². The normalized spacial score (nSPS) is 12.8. The van der Waals surface area contributed by atoms with Crippen molar-refractivity contribution >= 4 is 17.2 Å². The Morgan fingerprint density at radius 1 is 1.00 bits per heavy atom. The number of benzene rings is 2. The number of nitrogens with one attached hydrogen (secondary N) is 2. The largest absolute Gasteiger partial charge is 0.339 e. The predicted octanol–water partition coefficient (Wildman–Crippen LogP) is 4.48. The minimum atomic E-state index is -0.667. The highest BCUT2D eigenvalue weighted by atomic mass is 19.1. The fraction of sp³-hybridized carbons (Fsp3) is 0.111. The number of aromatic nitrogens is 2. The van der Waals surface area contributed by atoms with Crippen LogP contribution in [-0.4, -0.2) is 16.0 Å². The van der Waals surface area contributed by atoms with E-state index in [2.05, 4.69) is 20.5 Å². The fourth-order valence-electron chi connectivity index (χ4n) is 2.82. The number of hydrogen-bond acceptors (Lipinski definition) is 3. The highest BCUT2D eigenvalue weighted by molar-refractivity contribution is 6.13. The second-order valence-corrected chi connectivity index (χ2v) is 5.78. The first kappa shape index (κ1) is 14.6. The Kier molecular flexibility index (Phi) is 3.19. The van der Waals surface area contributed by atoms with Gasteiger partial charge in [-0.2, -0.15) is 5.10 Å². The lowest BCUT2D eigenvalue weighted by molar-refractivity contribution is 0.579. The van der Waals surface area contributed by atoms with Crippen molar-refractivity contribution in [2.45, 2.75) is 13.8 Å². The number of nitrogens with zero attached hydrogens (tertiary/aromatic N) is 2. The zero-order valence-corrected chi connectivity index (χ0v) is 13.1. The van der Waals surface area contributed by atoms with Gasteiger partial charge in [0.1, 0.15) is 28.9 Å². The van der Waals surface area contributed by atoms with Crippen molar-refractivity contribution in [3.8, 4) is 11.3 Å². The summed E-state index contributed by atoms with van der Waals surface area (Å²) in [5.74, 6) is -1.21. The molecule has 0 radical (unpaired) electrons. The van der Waals surface area contributed by atoms with Crippen molar-refractivity contribution < 1.29 is 8.78 Å². The molecule has 24 heavy (non-hydrogen) atoms. The smallest absolute Gasteiger partial charge is 0.144 e. The topological polar surface area (TPSA) is 53.1 Å². The second kappa shape index (κ2) is 5.26. The van der Waals surface area contributed by atoms with Crippen molar-refractivity contribution in [3.63, 3.8) is 0 Å². The van der Waals surface area contributed by atoms with Gasteiger partial charge in [-0.25, -0.2) is 13.8 Å². The Morgan fingerprint density at radius 3 is 2.50 bits per heavy atom. The minimum absolute atomic E-state index is 0.124.